The van der Waals surface area contributed by atoms with E-state index in [2.05, 4.69) is 29.6 Å². The fourth-order valence-electron chi connectivity index (χ4n) is 2.59. The molecule has 1 heterocycles. The van der Waals surface area contributed by atoms with Gasteiger partial charge in [-0.25, -0.2) is 4.79 Å². The first-order valence-corrected chi connectivity index (χ1v) is 8.42. The number of carbonyl (C=O) groups is 1. The van der Waals surface area contributed by atoms with Gasteiger partial charge in [-0.05, 0) is 40.5 Å². The third-order valence-electron chi connectivity index (χ3n) is 3.94. The van der Waals surface area contributed by atoms with E-state index in [0.29, 0.717) is 0 Å². The molecule has 0 aliphatic heterocycles. The van der Waals surface area contributed by atoms with Crippen molar-refractivity contribution in [2.75, 3.05) is 0 Å². The number of aryl methyl sites for hydroxylation is 2. The first-order valence-electron chi connectivity index (χ1n) is 8.42. The number of nitrogens with zero attached hydrogens (tertiary/aromatic N) is 1. The van der Waals surface area contributed by atoms with Crippen molar-refractivity contribution in [1.29, 1.82) is 0 Å². The van der Waals surface area contributed by atoms with Crippen LogP contribution < -0.4 is 10.6 Å². The van der Waals surface area contributed by atoms with Crippen molar-refractivity contribution in [3.05, 3.63) is 17.0 Å². The molecule has 2 atom stereocenters. The Balaban J connectivity index is 2.29. The number of rotatable bonds is 9. The van der Waals surface area contributed by atoms with E-state index in [1.807, 2.05) is 20.8 Å². The molecular weight excluding hydrogens is 278 g/mol. The molecule has 1 rings (SSSR count). The monoisotopic (exact) mass is 309 g/mol. The van der Waals surface area contributed by atoms with Crippen molar-refractivity contribution in [2.45, 2.75) is 85.2 Å². The molecule has 1 aromatic rings. The number of amides is 2. The molecule has 0 spiro atoms. The number of aromatic nitrogens is 1. The summed E-state index contributed by atoms with van der Waals surface area (Å²) in [6, 6.07) is 0.162. The minimum absolute atomic E-state index is 0.0455. The summed E-state index contributed by atoms with van der Waals surface area (Å²) in [7, 11) is 0. The van der Waals surface area contributed by atoms with E-state index >= 15 is 0 Å². The maximum atomic E-state index is 12.0. The Morgan fingerprint density at radius 1 is 1.14 bits per heavy atom. The van der Waals surface area contributed by atoms with E-state index in [1.54, 1.807) is 0 Å². The van der Waals surface area contributed by atoms with Crippen molar-refractivity contribution in [2.24, 2.45) is 0 Å². The molecule has 0 bridgehead atoms. The van der Waals surface area contributed by atoms with E-state index in [9.17, 15) is 4.79 Å². The zero-order valence-electron chi connectivity index (χ0n) is 14.7. The van der Waals surface area contributed by atoms with Crippen molar-refractivity contribution in [3.63, 3.8) is 0 Å². The lowest BCUT2D eigenvalue weighted by Crippen LogP contribution is -2.45. The Hall–Kier alpha value is -1.52. The number of hydrogen-bond acceptors (Lipinski definition) is 3. The summed E-state index contributed by atoms with van der Waals surface area (Å²) in [6.45, 7) is 10.1. The quantitative estimate of drug-likeness (QED) is 0.680. The molecule has 5 nitrogen and oxygen atoms in total. The fourth-order valence-corrected chi connectivity index (χ4v) is 2.59. The van der Waals surface area contributed by atoms with Gasteiger partial charge in [-0.1, -0.05) is 37.8 Å². The van der Waals surface area contributed by atoms with E-state index in [0.717, 1.165) is 29.9 Å². The van der Waals surface area contributed by atoms with E-state index in [1.165, 1.54) is 25.7 Å². The summed E-state index contributed by atoms with van der Waals surface area (Å²) in [5.41, 5.74) is 1.98. The SMILES string of the molecule is CCCCCCC(C)NC(=O)NC(C)Cc1c(C)noc1C. The molecule has 2 N–H and O–H groups in total. The molecule has 2 amide bonds. The topological polar surface area (TPSA) is 67.2 Å². The van der Waals surface area contributed by atoms with Crippen LogP contribution in [0.2, 0.25) is 0 Å². The molecule has 0 aromatic carbocycles. The largest absolute Gasteiger partial charge is 0.361 e. The number of hydrogen-bond donors (Lipinski definition) is 2. The highest BCUT2D eigenvalue weighted by molar-refractivity contribution is 5.74. The van der Waals surface area contributed by atoms with E-state index < -0.39 is 0 Å². The maximum Gasteiger partial charge on any atom is 0.315 e. The van der Waals surface area contributed by atoms with Crippen LogP contribution in [0.3, 0.4) is 0 Å². The molecule has 1 aromatic heterocycles. The lowest BCUT2D eigenvalue weighted by molar-refractivity contribution is 0.233. The highest BCUT2D eigenvalue weighted by Gasteiger charge is 2.15. The van der Waals surface area contributed by atoms with Gasteiger partial charge in [0.05, 0.1) is 5.69 Å². The number of carbonyl (C=O) groups excluding carboxylic acids is 1. The van der Waals surface area contributed by atoms with Gasteiger partial charge in [0, 0.05) is 17.6 Å². The maximum absolute atomic E-state index is 12.0. The zero-order chi connectivity index (χ0) is 16.5. The first kappa shape index (κ1) is 18.5. The first-order chi connectivity index (χ1) is 10.4. The van der Waals surface area contributed by atoms with Crippen LogP contribution in [0.25, 0.3) is 0 Å². The number of urea groups is 1. The Labute approximate surface area is 134 Å². The van der Waals surface area contributed by atoms with Gasteiger partial charge in [-0.2, -0.15) is 0 Å². The van der Waals surface area contributed by atoms with Gasteiger partial charge in [-0.3, -0.25) is 0 Å². The molecule has 2 unspecified atom stereocenters. The summed E-state index contributed by atoms with van der Waals surface area (Å²) in [6.07, 6.45) is 6.69. The summed E-state index contributed by atoms with van der Waals surface area (Å²) in [5.74, 6) is 0.829. The van der Waals surface area contributed by atoms with Gasteiger partial charge in [0.25, 0.3) is 0 Å². The zero-order valence-corrected chi connectivity index (χ0v) is 14.7. The van der Waals surface area contributed by atoms with Gasteiger partial charge in [0.15, 0.2) is 0 Å². The molecule has 0 saturated carbocycles. The summed E-state index contributed by atoms with van der Waals surface area (Å²) < 4.78 is 5.15. The highest BCUT2D eigenvalue weighted by Crippen LogP contribution is 2.14. The third-order valence-corrected chi connectivity index (χ3v) is 3.94. The molecule has 22 heavy (non-hydrogen) atoms. The average Bonchev–Trinajstić information content (AvgIpc) is 2.75. The van der Waals surface area contributed by atoms with Crippen LogP contribution in [-0.2, 0) is 6.42 Å². The number of nitrogens with one attached hydrogen (secondary N) is 2. The van der Waals surface area contributed by atoms with Crippen LogP contribution in [0, 0.1) is 13.8 Å². The summed E-state index contributed by atoms with van der Waals surface area (Å²) in [4.78, 5) is 12.0. The second-order valence-corrected chi connectivity index (χ2v) is 6.28. The van der Waals surface area contributed by atoms with Gasteiger partial charge in [0.2, 0.25) is 0 Å². The van der Waals surface area contributed by atoms with Gasteiger partial charge in [-0.15, -0.1) is 0 Å². The Bertz CT molecular complexity index is 437. The molecule has 0 saturated heterocycles. The Kier molecular flexibility index (Phi) is 7.99. The van der Waals surface area contributed by atoms with E-state index in [-0.39, 0.29) is 18.1 Å². The minimum atomic E-state index is -0.0951. The van der Waals surface area contributed by atoms with Crippen LogP contribution in [0.1, 0.15) is 69.9 Å². The van der Waals surface area contributed by atoms with Crippen molar-refractivity contribution >= 4 is 6.03 Å². The van der Waals surface area contributed by atoms with Crippen LogP contribution >= 0.6 is 0 Å². The lowest BCUT2D eigenvalue weighted by atomic mass is 10.1. The van der Waals surface area contributed by atoms with Crippen LogP contribution in [0.4, 0.5) is 4.79 Å². The van der Waals surface area contributed by atoms with Crippen molar-refractivity contribution in [1.82, 2.24) is 15.8 Å². The second kappa shape index (κ2) is 9.49. The van der Waals surface area contributed by atoms with E-state index in [4.69, 9.17) is 4.52 Å². The van der Waals surface area contributed by atoms with Gasteiger partial charge in [0.1, 0.15) is 5.76 Å². The van der Waals surface area contributed by atoms with Gasteiger partial charge >= 0.3 is 6.03 Å². The number of unbranched alkanes of at least 4 members (excludes halogenated alkanes) is 3. The fraction of sp³-hybridized carbons (Fsp3) is 0.765. The lowest BCUT2D eigenvalue weighted by Gasteiger charge is -2.18. The molecule has 0 aliphatic rings. The smallest absolute Gasteiger partial charge is 0.315 e. The van der Waals surface area contributed by atoms with Crippen LogP contribution in [-0.4, -0.2) is 23.3 Å². The molecular formula is C17H31N3O2. The Morgan fingerprint density at radius 2 is 1.82 bits per heavy atom. The molecule has 0 radical (unpaired) electrons. The highest BCUT2D eigenvalue weighted by atomic mass is 16.5. The third kappa shape index (κ3) is 6.50. The normalized spacial score (nSPS) is 13.7. The average molecular weight is 309 g/mol. The minimum Gasteiger partial charge on any atom is -0.361 e. The summed E-state index contributed by atoms with van der Waals surface area (Å²) >= 11 is 0. The van der Waals surface area contributed by atoms with Gasteiger partial charge < -0.3 is 15.2 Å². The predicted octanol–water partition coefficient (Wildman–Crippen LogP) is 3.88. The van der Waals surface area contributed by atoms with Crippen LogP contribution in [0.15, 0.2) is 4.52 Å². The van der Waals surface area contributed by atoms with Crippen molar-refractivity contribution in [3.8, 4) is 0 Å². The standard InChI is InChI=1S/C17H31N3O2/c1-6-7-8-9-10-12(2)18-17(21)19-13(3)11-16-14(4)20-22-15(16)5/h12-13H,6-11H2,1-5H3,(H2,18,19,21). The van der Waals surface area contributed by atoms with Crippen LogP contribution in [0.5, 0.6) is 0 Å². The van der Waals surface area contributed by atoms with Crippen molar-refractivity contribution < 1.29 is 9.32 Å². The second-order valence-electron chi connectivity index (χ2n) is 6.28. The molecule has 5 heteroatoms. The molecule has 0 aliphatic carbocycles. The Morgan fingerprint density at radius 3 is 2.41 bits per heavy atom. The predicted molar refractivity (Wildman–Crippen MR) is 89.0 cm³/mol. The molecule has 0 fully saturated rings. The molecule has 126 valence electrons. The summed E-state index contributed by atoms with van der Waals surface area (Å²) in [5, 5.41) is 9.94.